The molecule has 1 amide bonds. The Morgan fingerprint density at radius 1 is 1.55 bits per heavy atom. The molecule has 2 rings (SSSR count). The fraction of sp³-hybridized carbons (Fsp3) is 0.429. The highest BCUT2D eigenvalue weighted by molar-refractivity contribution is 5.77. The summed E-state index contributed by atoms with van der Waals surface area (Å²) in [7, 11) is 0. The summed E-state index contributed by atoms with van der Waals surface area (Å²) in [5, 5.41) is 2.77. The van der Waals surface area contributed by atoms with E-state index in [4.69, 9.17) is 10.5 Å². The molecule has 0 radical (unpaired) electrons. The van der Waals surface area contributed by atoms with Gasteiger partial charge in [0.15, 0.2) is 18.0 Å². The number of fused-ring (bicyclic) bond motifs is 1. The Kier molecular flexibility index (Phi) is 4.95. The van der Waals surface area contributed by atoms with Crippen LogP contribution in [0.5, 0.6) is 5.75 Å². The number of carbonyl (C=O) groups is 1. The molecule has 20 heavy (non-hydrogen) atoms. The van der Waals surface area contributed by atoms with Crippen molar-refractivity contribution in [2.75, 3.05) is 19.7 Å². The lowest BCUT2D eigenvalue weighted by Gasteiger charge is -2.07. The number of hydrogen-bond acceptors (Lipinski definition) is 4. The lowest BCUT2D eigenvalue weighted by molar-refractivity contribution is -0.123. The fourth-order valence-corrected chi connectivity index (χ4v) is 1.88. The molecule has 6 heteroatoms. The zero-order valence-electron chi connectivity index (χ0n) is 11.6. The van der Waals surface area contributed by atoms with Crippen molar-refractivity contribution in [1.29, 1.82) is 0 Å². The number of ether oxygens (including phenoxy) is 1. The maximum atomic E-state index is 11.5. The van der Waals surface area contributed by atoms with Crippen molar-refractivity contribution >= 4 is 11.6 Å². The first-order valence-electron chi connectivity index (χ1n) is 6.80. The maximum Gasteiger partial charge on any atom is 0.257 e. The average molecular weight is 276 g/mol. The highest BCUT2D eigenvalue weighted by atomic mass is 16.5. The number of carbonyl (C=O) groups excluding carboxylic acids is 1. The van der Waals surface area contributed by atoms with Crippen molar-refractivity contribution < 1.29 is 9.53 Å². The number of hydrogen-bond donors (Lipinski definition) is 2. The molecule has 0 saturated carbocycles. The summed E-state index contributed by atoms with van der Waals surface area (Å²) in [5.74, 6) is 0.477. The second-order valence-corrected chi connectivity index (χ2v) is 4.51. The Balaban J connectivity index is 2.07. The molecule has 0 fully saturated rings. The molecule has 108 valence electrons. The zero-order valence-corrected chi connectivity index (χ0v) is 11.6. The number of nitrogens with two attached hydrogens (primary N) is 1. The molecule has 0 spiro atoms. The molecule has 0 bridgehead atoms. The summed E-state index contributed by atoms with van der Waals surface area (Å²) in [6, 6.07) is 3.67. The van der Waals surface area contributed by atoms with E-state index in [1.807, 2.05) is 35.9 Å². The van der Waals surface area contributed by atoms with Crippen LogP contribution < -0.4 is 15.8 Å². The van der Waals surface area contributed by atoms with Gasteiger partial charge in [0.1, 0.15) is 0 Å². The van der Waals surface area contributed by atoms with Gasteiger partial charge in [-0.05, 0) is 25.1 Å². The van der Waals surface area contributed by atoms with E-state index in [1.165, 1.54) is 0 Å². The van der Waals surface area contributed by atoms with E-state index in [2.05, 4.69) is 10.3 Å². The zero-order chi connectivity index (χ0) is 14.4. The first-order chi connectivity index (χ1) is 9.74. The van der Waals surface area contributed by atoms with Crippen LogP contribution in [0.4, 0.5) is 0 Å². The van der Waals surface area contributed by atoms with Crippen LogP contribution in [0.15, 0.2) is 24.5 Å². The second kappa shape index (κ2) is 6.91. The molecule has 2 aromatic rings. The van der Waals surface area contributed by atoms with Crippen LogP contribution in [-0.2, 0) is 11.2 Å². The van der Waals surface area contributed by atoms with Gasteiger partial charge in [0.05, 0.1) is 5.69 Å². The third-order valence-electron chi connectivity index (χ3n) is 2.83. The molecule has 2 aromatic heterocycles. The Bertz CT molecular complexity index is 580. The topological polar surface area (TPSA) is 81.6 Å². The van der Waals surface area contributed by atoms with Crippen LogP contribution in [0.2, 0.25) is 0 Å². The van der Waals surface area contributed by atoms with Crippen LogP contribution >= 0.6 is 0 Å². The standard InChI is InChI=1S/C14H20N4O2/c1-2-7-16-13(19)10-20-12-4-3-8-18-9-11(5-6-15)17-14(12)18/h3-4,8-9H,2,5-7,10,15H2,1H3,(H,16,19). The van der Waals surface area contributed by atoms with Crippen LogP contribution in [-0.4, -0.2) is 35.0 Å². The van der Waals surface area contributed by atoms with Crippen molar-refractivity contribution in [1.82, 2.24) is 14.7 Å². The number of nitrogens with zero attached hydrogens (tertiary/aromatic N) is 2. The molecule has 0 aliphatic carbocycles. The SMILES string of the molecule is CCCNC(=O)COc1cccn2cc(CCN)nc12. The van der Waals surface area contributed by atoms with Gasteiger partial charge < -0.3 is 20.2 Å². The molecular weight excluding hydrogens is 256 g/mol. The molecule has 3 N–H and O–H groups in total. The third kappa shape index (κ3) is 3.48. The average Bonchev–Trinajstić information content (AvgIpc) is 2.86. The summed E-state index contributed by atoms with van der Waals surface area (Å²) >= 11 is 0. The van der Waals surface area contributed by atoms with Gasteiger partial charge in [-0.25, -0.2) is 4.98 Å². The first kappa shape index (κ1) is 14.3. The van der Waals surface area contributed by atoms with Gasteiger partial charge in [0.25, 0.3) is 5.91 Å². The minimum absolute atomic E-state index is 0.00123. The van der Waals surface area contributed by atoms with Crippen LogP contribution in [0.25, 0.3) is 5.65 Å². The van der Waals surface area contributed by atoms with Crippen molar-refractivity contribution in [2.24, 2.45) is 5.73 Å². The van der Waals surface area contributed by atoms with Gasteiger partial charge in [-0.15, -0.1) is 0 Å². The first-order valence-corrected chi connectivity index (χ1v) is 6.80. The molecule has 2 heterocycles. The minimum Gasteiger partial charge on any atom is -0.480 e. The van der Waals surface area contributed by atoms with Gasteiger partial charge in [-0.3, -0.25) is 4.79 Å². The number of rotatable bonds is 7. The van der Waals surface area contributed by atoms with Crippen molar-refractivity contribution in [2.45, 2.75) is 19.8 Å². The Morgan fingerprint density at radius 2 is 2.40 bits per heavy atom. The smallest absolute Gasteiger partial charge is 0.257 e. The van der Waals surface area contributed by atoms with Crippen molar-refractivity contribution in [3.63, 3.8) is 0 Å². The summed E-state index contributed by atoms with van der Waals surface area (Å²) in [4.78, 5) is 16.0. The largest absolute Gasteiger partial charge is 0.480 e. The van der Waals surface area contributed by atoms with E-state index in [9.17, 15) is 4.79 Å². The summed E-state index contributed by atoms with van der Waals surface area (Å²) in [6.45, 7) is 3.22. The van der Waals surface area contributed by atoms with E-state index >= 15 is 0 Å². The summed E-state index contributed by atoms with van der Waals surface area (Å²) in [5.41, 5.74) is 7.16. The van der Waals surface area contributed by atoms with E-state index in [1.54, 1.807) is 0 Å². The molecule has 0 unspecified atom stereocenters. The maximum absolute atomic E-state index is 11.5. The molecule has 0 atom stereocenters. The lowest BCUT2D eigenvalue weighted by Crippen LogP contribution is -2.29. The number of aromatic nitrogens is 2. The van der Waals surface area contributed by atoms with Crippen LogP contribution in [0.3, 0.4) is 0 Å². The monoisotopic (exact) mass is 276 g/mol. The highest BCUT2D eigenvalue weighted by Crippen LogP contribution is 2.18. The number of pyridine rings is 1. The Morgan fingerprint density at radius 3 is 3.15 bits per heavy atom. The third-order valence-corrected chi connectivity index (χ3v) is 2.83. The molecule has 0 aliphatic heterocycles. The molecule has 0 aromatic carbocycles. The normalized spacial score (nSPS) is 10.7. The summed E-state index contributed by atoms with van der Waals surface area (Å²) in [6.07, 6.45) is 5.45. The van der Waals surface area contributed by atoms with Gasteiger partial charge in [-0.1, -0.05) is 6.92 Å². The predicted molar refractivity (Wildman–Crippen MR) is 76.7 cm³/mol. The van der Waals surface area contributed by atoms with Crippen molar-refractivity contribution in [3.8, 4) is 5.75 Å². The minimum atomic E-state index is -0.123. The Hall–Kier alpha value is -2.08. The number of amides is 1. The molecular formula is C14H20N4O2. The number of imidazole rings is 1. The predicted octanol–water partition coefficient (Wildman–Crippen LogP) is 0.741. The van der Waals surface area contributed by atoms with E-state index in [-0.39, 0.29) is 12.5 Å². The molecule has 0 saturated heterocycles. The van der Waals surface area contributed by atoms with Crippen LogP contribution in [0, 0.1) is 0 Å². The van der Waals surface area contributed by atoms with Gasteiger partial charge >= 0.3 is 0 Å². The van der Waals surface area contributed by atoms with Crippen molar-refractivity contribution in [3.05, 3.63) is 30.2 Å². The second-order valence-electron chi connectivity index (χ2n) is 4.51. The van der Waals surface area contributed by atoms with E-state index < -0.39 is 0 Å². The van der Waals surface area contributed by atoms with E-state index in [0.717, 1.165) is 18.5 Å². The van der Waals surface area contributed by atoms with Gasteiger partial charge in [0.2, 0.25) is 0 Å². The number of nitrogens with one attached hydrogen (secondary N) is 1. The highest BCUT2D eigenvalue weighted by Gasteiger charge is 2.08. The molecule has 6 nitrogen and oxygen atoms in total. The Labute approximate surface area is 117 Å². The van der Waals surface area contributed by atoms with E-state index in [0.29, 0.717) is 24.5 Å². The summed E-state index contributed by atoms with van der Waals surface area (Å²) < 4.78 is 7.42. The quantitative estimate of drug-likeness (QED) is 0.781. The lowest BCUT2D eigenvalue weighted by atomic mass is 10.3. The van der Waals surface area contributed by atoms with Gasteiger partial charge in [0, 0.05) is 25.4 Å². The van der Waals surface area contributed by atoms with Crippen LogP contribution in [0.1, 0.15) is 19.0 Å². The molecule has 0 aliphatic rings. The van der Waals surface area contributed by atoms with Gasteiger partial charge in [-0.2, -0.15) is 0 Å². The fourth-order valence-electron chi connectivity index (χ4n) is 1.88.